The summed E-state index contributed by atoms with van der Waals surface area (Å²) in [5, 5.41) is 2.94. The first-order valence-corrected chi connectivity index (χ1v) is 10.4. The Balaban J connectivity index is 1.70. The Kier molecular flexibility index (Phi) is 5.44. The standard InChI is InChI=1S/C20H24N2O3S/c1-15-6-5-7-16(2)19(15)21-20(23)18-10-8-17(9-11-18)14-26(24,25)22-12-3-4-13-22/h5-11H,3-4,12-14H2,1-2H3,(H,21,23). The van der Waals surface area contributed by atoms with E-state index in [1.807, 2.05) is 32.0 Å². The summed E-state index contributed by atoms with van der Waals surface area (Å²) < 4.78 is 26.3. The van der Waals surface area contributed by atoms with Crippen molar-refractivity contribution in [3.05, 3.63) is 64.7 Å². The van der Waals surface area contributed by atoms with Crippen LogP contribution in [-0.2, 0) is 15.8 Å². The molecule has 26 heavy (non-hydrogen) atoms. The van der Waals surface area contributed by atoms with Crippen LogP contribution in [0.4, 0.5) is 5.69 Å². The van der Waals surface area contributed by atoms with Gasteiger partial charge in [0.25, 0.3) is 5.91 Å². The highest BCUT2D eigenvalue weighted by molar-refractivity contribution is 7.88. The van der Waals surface area contributed by atoms with Crippen LogP contribution in [0.25, 0.3) is 0 Å². The van der Waals surface area contributed by atoms with Gasteiger partial charge in [0.2, 0.25) is 10.0 Å². The molecule has 2 aromatic rings. The Morgan fingerprint density at radius 3 is 2.15 bits per heavy atom. The third-order valence-corrected chi connectivity index (χ3v) is 6.59. The highest BCUT2D eigenvalue weighted by Gasteiger charge is 2.25. The summed E-state index contributed by atoms with van der Waals surface area (Å²) in [4.78, 5) is 12.5. The van der Waals surface area contributed by atoms with E-state index >= 15 is 0 Å². The molecule has 138 valence electrons. The number of aryl methyl sites for hydroxylation is 2. The fourth-order valence-corrected chi connectivity index (χ4v) is 4.83. The van der Waals surface area contributed by atoms with Crippen LogP contribution >= 0.6 is 0 Å². The third-order valence-electron chi connectivity index (χ3n) is 4.74. The number of sulfonamides is 1. The molecule has 6 heteroatoms. The number of anilines is 1. The molecule has 0 unspecified atom stereocenters. The van der Waals surface area contributed by atoms with Crippen LogP contribution in [0.2, 0.25) is 0 Å². The van der Waals surface area contributed by atoms with Gasteiger partial charge in [-0.25, -0.2) is 12.7 Å². The molecule has 1 saturated heterocycles. The molecule has 0 saturated carbocycles. The highest BCUT2D eigenvalue weighted by Crippen LogP contribution is 2.21. The van der Waals surface area contributed by atoms with E-state index in [-0.39, 0.29) is 11.7 Å². The van der Waals surface area contributed by atoms with Crippen molar-refractivity contribution in [2.24, 2.45) is 0 Å². The molecule has 2 aromatic carbocycles. The van der Waals surface area contributed by atoms with Crippen LogP contribution in [-0.4, -0.2) is 31.7 Å². The van der Waals surface area contributed by atoms with Gasteiger partial charge in [-0.3, -0.25) is 4.79 Å². The molecule has 0 atom stereocenters. The molecule has 1 amide bonds. The molecule has 0 bridgehead atoms. The molecule has 1 aliphatic heterocycles. The number of para-hydroxylation sites is 1. The zero-order chi connectivity index (χ0) is 18.7. The Hall–Kier alpha value is -2.18. The summed E-state index contributed by atoms with van der Waals surface area (Å²) in [6, 6.07) is 12.6. The van der Waals surface area contributed by atoms with Crippen molar-refractivity contribution in [3.8, 4) is 0 Å². The number of carbonyl (C=O) groups is 1. The number of benzene rings is 2. The maximum absolute atomic E-state index is 12.5. The second-order valence-electron chi connectivity index (χ2n) is 6.78. The fourth-order valence-electron chi connectivity index (χ4n) is 3.22. The molecule has 0 aliphatic carbocycles. The van der Waals surface area contributed by atoms with Crippen molar-refractivity contribution in [1.29, 1.82) is 0 Å². The van der Waals surface area contributed by atoms with E-state index in [4.69, 9.17) is 0 Å². The largest absolute Gasteiger partial charge is 0.322 e. The molecule has 1 N–H and O–H groups in total. The first-order valence-electron chi connectivity index (χ1n) is 8.81. The Morgan fingerprint density at radius 1 is 1.00 bits per heavy atom. The van der Waals surface area contributed by atoms with Gasteiger partial charge >= 0.3 is 0 Å². The lowest BCUT2D eigenvalue weighted by molar-refractivity contribution is 0.102. The predicted molar refractivity (Wildman–Crippen MR) is 104 cm³/mol. The van der Waals surface area contributed by atoms with E-state index in [2.05, 4.69) is 5.32 Å². The van der Waals surface area contributed by atoms with E-state index < -0.39 is 10.0 Å². The molecule has 0 spiro atoms. The number of rotatable bonds is 5. The average molecular weight is 372 g/mol. The van der Waals surface area contributed by atoms with Gasteiger partial charge in [0.15, 0.2) is 0 Å². The minimum absolute atomic E-state index is 0.0220. The van der Waals surface area contributed by atoms with Crippen LogP contribution in [0, 0.1) is 13.8 Å². The number of nitrogens with zero attached hydrogens (tertiary/aromatic N) is 1. The zero-order valence-electron chi connectivity index (χ0n) is 15.2. The lowest BCUT2D eigenvalue weighted by atomic mass is 10.1. The first kappa shape index (κ1) is 18.6. The van der Waals surface area contributed by atoms with Crippen LogP contribution < -0.4 is 5.32 Å². The minimum Gasteiger partial charge on any atom is -0.322 e. The van der Waals surface area contributed by atoms with Gasteiger partial charge in [0, 0.05) is 24.3 Å². The van der Waals surface area contributed by atoms with Crippen molar-refractivity contribution in [2.75, 3.05) is 18.4 Å². The number of amides is 1. The smallest absolute Gasteiger partial charge is 0.255 e. The molecule has 5 nitrogen and oxygen atoms in total. The third kappa shape index (κ3) is 4.14. The molecular formula is C20H24N2O3S. The van der Waals surface area contributed by atoms with E-state index in [0.29, 0.717) is 24.2 Å². The molecule has 1 heterocycles. The summed E-state index contributed by atoms with van der Waals surface area (Å²) in [7, 11) is -3.27. The number of carbonyl (C=O) groups excluding carboxylic acids is 1. The van der Waals surface area contributed by atoms with Crippen LogP contribution in [0.5, 0.6) is 0 Å². The first-order chi connectivity index (χ1) is 12.4. The van der Waals surface area contributed by atoms with Crippen molar-refractivity contribution in [2.45, 2.75) is 32.4 Å². The summed E-state index contributed by atoms with van der Waals surface area (Å²) in [5.41, 5.74) is 4.03. The highest BCUT2D eigenvalue weighted by atomic mass is 32.2. The van der Waals surface area contributed by atoms with Gasteiger partial charge in [-0.05, 0) is 55.5 Å². The lowest BCUT2D eigenvalue weighted by Crippen LogP contribution is -2.29. The summed E-state index contributed by atoms with van der Waals surface area (Å²) in [6.07, 6.45) is 1.85. The van der Waals surface area contributed by atoms with Gasteiger partial charge in [-0.2, -0.15) is 0 Å². The zero-order valence-corrected chi connectivity index (χ0v) is 16.0. The minimum atomic E-state index is -3.27. The number of hydrogen-bond donors (Lipinski definition) is 1. The van der Waals surface area contributed by atoms with Crippen molar-refractivity contribution in [1.82, 2.24) is 4.31 Å². The van der Waals surface area contributed by atoms with E-state index in [9.17, 15) is 13.2 Å². The molecule has 1 aliphatic rings. The predicted octanol–water partition coefficient (Wildman–Crippen LogP) is 3.48. The van der Waals surface area contributed by atoms with Gasteiger partial charge in [0.1, 0.15) is 0 Å². The Bertz CT molecular complexity index is 879. The average Bonchev–Trinajstić information content (AvgIpc) is 3.14. The summed E-state index contributed by atoms with van der Waals surface area (Å²) >= 11 is 0. The van der Waals surface area contributed by atoms with Gasteiger partial charge in [-0.1, -0.05) is 30.3 Å². The molecule has 3 rings (SSSR count). The topological polar surface area (TPSA) is 66.5 Å². The quantitative estimate of drug-likeness (QED) is 0.874. The maximum atomic E-state index is 12.5. The second-order valence-corrected chi connectivity index (χ2v) is 8.75. The Morgan fingerprint density at radius 2 is 1.58 bits per heavy atom. The second kappa shape index (κ2) is 7.60. The molecule has 0 radical (unpaired) electrons. The molecule has 0 aromatic heterocycles. The lowest BCUT2D eigenvalue weighted by Gasteiger charge is -2.15. The normalized spacial score (nSPS) is 15.2. The van der Waals surface area contributed by atoms with Crippen molar-refractivity contribution >= 4 is 21.6 Å². The van der Waals surface area contributed by atoms with E-state index in [1.54, 1.807) is 28.6 Å². The fraction of sp³-hybridized carbons (Fsp3) is 0.350. The van der Waals surface area contributed by atoms with E-state index in [0.717, 1.165) is 29.7 Å². The number of hydrogen-bond acceptors (Lipinski definition) is 3. The SMILES string of the molecule is Cc1cccc(C)c1NC(=O)c1ccc(CS(=O)(=O)N2CCCC2)cc1. The summed E-state index contributed by atoms with van der Waals surface area (Å²) in [6.45, 7) is 5.13. The molecule has 1 fully saturated rings. The van der Waals surface area contributed by atoms with Crippen molar-refractivity contribution in [3.63, 3.8) is 0 Å². The van der Waals surface area contributed by atoms with Crippen LogP contribution in [0.1, 0.15) is 39.9 Å². The monoisotopic (exact) mass is 372 g/mol. The Labute approximate surface area is 155 Å². The van der Waals surface area contributed by atoms with Crippen LogP contribution in [0.15, 0.2) is 42.5 Å². The van der Waals surface area contributed by atoms with Gasteiger partial charge in [-0.15, -0.1) is 0 Å². The molecular weight excluding hydrogens is 348 g/mol. The summed E-state index contributed by atoms with van der Waals surface area (Å²) in [5.74, 6) is -0.220. The van der Waals surface area contributed by atoms with Gasteiger partial charge < -0.3 is 5.32 Å². The van der Waals surface area contributed by atoms with Crippen LogP contribution in [0.3, 0.4) is 0 Å². The number of nitrogens with one attached hydrogen (secondary N) is 1. The maximum Gasteiger partial charge on any atom is 0.255 e. The van der Waals surface area contributed by atoms with Crippen molar-refractivity contribution < 1.29 is 13.2 Å². The van der Waals surface area contributed by atoms with E-state index in [1.165, 1.54) is 0 Å². The van der Waals surface area contributed by atoms with Gasteiger partial charge in [0.05, 0.1) is 5.75 Å².